The van der Waals surface area contributed by atoms with Crippen molar-refractivity contribution in [1.82, 2.24) is 0 Å². The van der Waals surface area contributed by atoms with Crippen LogP contribution in [0.1, 0.15) is 42.9 Å². The Balaban J connectivity index is 2.09. The maximum Gasteiger partial charge on any atom is 0.119 e. The molecule has 2 nitrogen and oxygen atoms in total. The van der Waals surface area contributed by atoms with Crippen molar-refractivity contribution < 1.29 is 4.74 Å². The summed E-state index contributed by atoms with van der Waals surface area (Å²) in [5.74, 6) is 0.904. The minimum absolute atomic E-state index is 0.403. The van der Waals surface area contributed by atoms with Crippen LogP contribution < -0.4 is 10.5 Å². The van der Waals surface area contributed by atoms with Gasteiger partial charge in [0.25, 0.3) is 0 Å². The van der Waals surface area contributed by atoms with Crippen LogP contribution in [0.4, 0.5) is 0 Å². The maximum atomic E-state index is 6.90. The van der Waals surface area contributed by atoms with E-state index in [0.29, 0.717) is 6.61 Å². The summed E-state index contributed by atoms with van der Waals surface area (Å²) in [4.78, 5) is 0. The predicted octanol–water partition coefficient (Wildman–Crippen LogP) is 4.01. The van der Waals surface area contributed by atoms with E-state index in [1.54, 1.807) is 0 Å². The third-order valence-corrected chi connectivity index (χ3v) is 4.43. The van der Waals surface area contributed by atoms with Crippen molar-refractivity contribution in [3.8, 4) is 5.75 Å². The molecule has 0 saturated heterocycles. The van der Waals surface area contributed by atoms with Crippen LogP contribution in [0.25, 0.3) is 0 Å². The standard InChI is InChI=1S/C19H23NO/c1-2-21-17-11-7-10-16(14-17)19(20)13-6-5-9-15-8-3-4-12-18(15)19/h3-4,7-8,10-12,14H,2,5-6,9,13,20H2,1H3. The first-order valence-electron chi connectivity index (χ1n) is 7.84. The van der Waals surface area contributed by atoms with Gasteiger partial charge >= 0.3 is 0 Å². The average Bonchev–Trinajstić information content (AvgIpc) is 2.69. The number of rotatable bonds is 3. The van der Waals surface area contributed by atoms with Crippen LogP contribution in [-0.4, -0.2) is 6.61 Å². The Bertz CT molecular complexity index is 622. The summed E-state index contributed by atoms with van der Waals surface area (Å²) in [6.45, 7) is 2.68. The summed E-state index contributed by atoms with van der Waals surface area (Å²) >= 11 is 0. The summed E-state index contributed by atoms with van der Waals surface area (Å²) in [7, 11) is 0. The van der Waals surface area contributed by atoms with Gasteiger partial charge in [-0.25, -0.2) is 0 Å². The van der Waals surface area contributed by atoms with Crippen molar-refractivity contribution >= 4 is 0 Å². The first-order chi connectivity index (χ1) is 10.2. The lowest BCUT2D eigenvalue weighted by molar-refractivity contribution is 0.338. The van der Waals surface area contributed by atoms with Gasteiger partial charge in [0.15, 0.2) is 0 Å². The monoisotopic (exact) mass is 281 g/mol. The molecule has 110 valence electrons. The molecule has 0 spiro atoms. The van der Waals surface area contributed by atoms with Gasteiger partial charge in [0.2, 0.25) is 0 Å². The van der Waals surface area contributed by atoms with Crippen molar-refractivity contribution in [3.63, 3.8) is 0 Å². The van der Waals surface area contributed by atoms with Crippen molar-refractivity contribution in [3.05, 3.63) is 65.2 Å². The molecule has 0 amide bonds. The molecule has 1 atom stereocenters. The zero-order valence-corrected chi connectivity index (χ0v) is 12.6. The quantitative estimate of drug-likeness (QED) is 0.863. The molecule has 0 heterocycles. The highest BCUT2D eigenvalue weighted by atomic mass is 16.5. The van der Waals surface area contributed by atoms with Gasteiger partial charge in [0.05, 0.1) is 12.1 Å². The normalized spacial score (nSPS) is 21.4. The zero-order valence-electron chi connectivity index (χ0n) is 12.6. The summed E-state index contributed by atoms with van der Waals surface area (Å²) in [5.41, 5.74) is 10.3. The highest BCUT2D eigenvalue weighted by Crippen LogP contribution is 2.38. The van der Waals surface area contributed by atoms with Crippen LogP contribution in [-0.2, 0) is 12.0 Å². The van der Waals surface area contributed by atoms with E-state index < -0.39 is 5.54 Å². The lowest BCUT2D eigenvalue weighted by atomic mass is 9.79. The van der Waals surface area contributed by atoms with Crippen molar-refractivity contribution in [1.29, 1.82) is 0 Å². The smallest absolute Gasteiger partial charge is 0.119 e. The molecule has 0 saturated carbocycles. The highest BCUT2D eigenvalue weighted by molar-refractivity contribution is 5.45. The zero-order chi connectivity index (χ0) is 14.7. The molecule has 2 N–H and O–H groups in total. The number of aryl methyl sites for hydroxylation is 1. The average molecular weight is 281 g/mol. The van der Waals surface area contributed by atoms with Gasteiger partial charge in [-0.3, -0.25) is 0 Å². The van der Waals surface area contributed by atoms with Gasteiger partial charge in [-0.05, 0) is 55.0 Å². The third kappa shape index (κ3) is 2.68. The molecule has 2 aromatic carbocycles. The minimum atomic E-state index is -0.403. The molecule has 3 rings (SSSR count). The van der Waals surface area contributed by atoms with E-state index in [4.69, 9.17) is 10.5 Å². The van der Waals surface area contributed by atoms with Gasteiger partial charge in [-0.2, -0.15) is 0 Å². The molecule has 2 heteroatoms. The first kappa shape index (κ1) is 14.2. The van der Waals surface area contributed by atoms with Crippen molar-refractivity contribution in [2.45, 2.75) is 38.1 Å². The maximum absolute atomic E-state index is 6.90. The number of ether oxygens (including phenoxy) is 1. The molecule has 1 aliphatic carbocycles. The Labute approximate surface area is 126 Å². The molecule has 1 unspecified atom stereocenters. The fraction of sp³-hybridized carbons (Fsp3) is 0.368. The fourth-order valence-corrected chi connectivity index (χ4v) is 3.36. The van der Waals surface area contributed by atoms with E-state index in [1.807, 2.05) is 19.1 Å². The summed E-state index contributed by atoms with van der Waals surface area (Å²) in [6, 6.07) is 16.9. The molecule has 2 aromatic rings. The Morgan fingerprint density at radius 1 is 1.10 bits per heavy atom. The second kappa shape index (κ2) is 5.90. The first-order valence-corrected chi connectivity index (χ1v) is 7.84. The molecular weight excluding hydrogens is 258 g/mol. The van der Waals surface area contributed by atoms with Crippen LogP contribution >= 0.6 is 0 Å². The largest absolute Gasteiger partial charge is 0.494 e. The van der Waals surface area contributed by atoms with Crippen LogP contribution in [0.5, 0.6) is 5.75 Å². The summed E-state index contributed by atoms with van der Waals surface area (Å²) in [6.07, 6.45) is 4.48. The number of benzene rings is 2. The van der Waals surface area contributed by atoms with Gasteiger partial charge in [0, 0.05) is 0 Å². The molecule has 0 radical (unpaired) electrons. The second-order valence-corrected chi connectivity index (χ2v) is 5.80. The number of hydrogen-bond acceptors (Lipinski definition) is 2. The Morgan fingerprint density at radius 2 is 1.95 bits per heavy atom. The molecule has 1 aliphatic rings. The van der Waals surface area contributed by atoms with E-state index in [0.717, 1.165) is 30.6 Å². The lowest BCUT2D eigenvalue weighted by Crippen LogP contribution is -2.38. The van der Waals surface area contributed by atoms with E-state index in [2.05, 4.69) is 36.4 Å². The number of fused-ring (bicyclic) bond motifs is 1. The van der Waals surface area contributed by atoms with Crippen molar-refractivity contribution in [2.75, 3.05) is 6.61 Å². The summed E-state index contributed by atoms with van der Waals surface area (Å²) < 4.78 is 5.65. The Hall–Kier alpha value is -1.80. The molecule has 21 heavy (non-hydrogen) atoms. The van der Waals surface area contributed by atoms with E-state index in [-0.39, 0.29) is 0 Å². The molecular formula is C19H23NO. The lowest BCUT2D eigenvalue weighted by Gasteiger charge is -2.31. The second-order valence-electron chi connectivity index (χ2n) is 5.80. The fourth-order valence-electron chi connectivity index (χ4n) is 3.36. The Kier molecular flexibility index (Phi) is 3.98. The van der Waals surface area contributed by atoms with Gasteiger partial charge in [-0.1, -0.05) is 42.8 Å². The van der Waals surface area contributed by atoms with E-state index in [9.17, 15) is 0 Å². The van der Waals surface area contributed by atoms with Crippen LogP contribution in [0, 0.1) is 0 Å². The molecule has 0 bridgehead atoms. The summed E-state index contributed by atoms with van der Waals surface area (Å²) in [5, 5.41) is 0. The third-order valence-electron chi connectivity index (χ3n) is 4.43. The number of hydrogen-bond donors (Lipinski definition) is 1. The molecule has 0 aromatic heterocycles. The molecule has 0 fully saturated rings. The van der Waals surface area contributed by atoms with Crippen LogP contribution in [0.2, 0.25) is 0 Å². The van der Waals surface area contributed by atoms with Crippen LogP contribution in [0.3, 0.4) is 0 Å². The predicted molar refractivity (Wildman–Crippen MR) is 86.6 cm³/mol. The Morgan fingerprint density at radius 3 is 2.81 bits per heavy atom. The number of nitrogens with two attached hydrogens (primary N) is 1. The minimum Gasteiger partial charge on any atom is -0.494 e. The topological polar surface area (TPSA) is 35.2 Å². The van der Waals surface area contributed by atoms with Gasteiger partial charge in [-0.15, -0.1) is 0 Å². The SMILES string of the molecule is CCOc1cccc(C2(N)CCCCc3ccccc32)c1. The van der Waals surface area contributed by atoms with Crippen molar-refractivity contribution in [2.24, 2.45) is 5.73 Å². The van der Waals surface area contributed by atoms with Crippen LogP contribution in [0.15, 0.2) is 48.5 Å². The highest BCUT2D eigenvalue weighted by Gasteiger charge is 2.33. The van der Waals surface area contributed by atoms with Gasteiger partial charge < -0.3 is 10.5 Å². The van der Waals surface area contributed by atoms with E-state index >= 15 is 0 Å². The van der Waals surface area contributed by atoms with Gasteiger partial charge in [0.1, 0.15) is 5.75 Å². The van der Waals surface area contributed by atoms with E-state index in [1.165, 1.54) is 17.5 Å². The molecule has 0 aliphatic heterocycles.